The van der Waals surface area contributed by atoms with Gasteiger partial charge in [-0.3, -0.25) is 15.0 Å². The Labute approximate surface area is 115 Å². The number of aryl methyl sites for hydroxylation is 1. The molecule has 0 aromatic heterocycles. The molecule has 1 saturated heterocycles. The molecule has 1 fully saturated rings. The van der Waals surface area contributed by atoms with Gasteiger partial charge < -0.3 is 5.73 Å². The molecule has 3 N–H and O–H groups in total. The van der Waals surface area contributed by atoms with Gasteiger partial charge in [0.15, 0.2) is 5.78 Å². The summed E-state index contributed by atoms with van der Waals surface area (Å²) in [5.74, 6) is 0.00514. The first-order chi connectivity index (χ1) is 9.02. The van der Waals surface area contributed by atoms with E-state index >= 15 is 0 Å². The van der Waals surface area contributed by atoms with Gasteiger partial charge in [-0.05, 0) is 19.9 Å². The Bertz CT molecular complexity index is 453. The topological polar surface area (TPSA) is 68.3 Å². The molecule has 0 radical (unpaired) electrons. The zero-order valence-corrected chi connectivity index (χ0v) is 11.9. The average Bonchev–Trinajstić information content (AvgIpc) is 3.24. The summed E-state index contributed by atoms with van der Waals surface area (Å²) >= 11 is 0. The summed E-state index contributed by atoms with van der Waals surface area (Å²) in [5, 5.41) is 3.23. The lowest BCUT2D eigenvalue weighted by atomic mass is 9.93. The molecular formula is C15H23N3O. The number of benzene rings is 1. The second-order valence-electron chi connectivity index (χ2n) is 5.18. The van der Waals surface area contributed by atoms with Crippen LogP contribution in [0.3, 0.4) is 0 Å². The first kappa shape index (κ1) is 14.2. The van der Waals surface area contributed by atoms with Crippen LogP contribution >= 0.6 is 0 Å². The number of carbonyl (C=O) groups excluding carboxylic acids is 1. The van der Waals surface area contributed by atoms with Crippen molar-refractivity contribution >= 4 is 5.78 Å². The third-order valence-electron chi connectivity index (χ3n) is 3.86. The Morgan fingerprint density at radius 2 is 2.00 bits per heavy atom. The molecule has 1 heterocycles. The first-order valence-electron chi connectivity index (χ1n) is 6.93. The highest BCUT2D eigenvalue weighted by atomic mass is 16.1. The van der Waals surface area contributed by atoms with Crippen LogP contribution in [0.25, 0.3) is 0 Å². The zero-order valence-electron chi connectivity index (χ0n) is 11.9. The molecule has 4 nitrogen and oxygen atoms in total. The standard InChI is InChI=1S/C15H23N3O/c1-4-15(16,18(5-2)13-10-17-13)14(19)12-8-6-11(3)7-9-12/h6-9,13,17H,4-5,10,16H2,1-3H3. The molecule has 0 saturated carbocycles. The smallest absolute Gasteiger partial charge is 0.197 e. The van der Waals surface area contributed by atoms with Crippen LogP contribution in [0, 0.1) is 6.92 Å². The molecule has 1 aromatic rings. The Hall–Kier alpha value is -1.23. The maximum atomic E-state index is 12.7. The van der Waals surface area contributed by atoms with E-state index in [4.69, 9.17) is 5.73 Å². The van der Waals surface area contributed by atoms with Crippen LogP contribution in [0.5, 0.6) is 0 Å². The molecule has 0 spiro atoms. The highest BCUT2D eigenvalue weighted by Gasteiger charge is 2.44. The number of nitrogens with zero attached hydrogens (tertiary/aromatic N) is 1. The van der Waals surface area contributed by atoms with E-state index in [0.717, 1.165) is 18.7 Å². The van der Waals surface area contributed by atoms with Crippen LogP contribution in [0.2, 0.25) is 0 Å². The molecule has 104 valence electrons. The van der Waals surface area contributed by atoms with Crippen molar-refractivity contribution < 1.29 is 4.79 Å². The number of rotatable bonds is 6. The maximum absolute atomic E-state index is 12.7. The Balaban J connectivity index is 2.28. The van der Waals surface area contributed by atoms with Gasteiger partial charge in [-0.1, -0.05) is 43.7 Å². The molecule has 4 heteroatoms. The summed E-state index contributed by atoms with van der Waals surface area (Å²) in [5.41, 5.74) is 7.36. The predicted octanol–water partition coefficient (Wildman–Crippen LogP) is 1.49. The van der Waals surface area contributed by atoms with Crippen molar-refractivity contribution in [2.75, 3.05) is 13.1 Å². The third-order valence-corrected chi connectivity index (χ3v) is 3.86. The molecule has 2 rings (SSSR count). The lowest BCUT2D eigenvalue weighted by Gasteiger charge is -2.38. The van der Waals surface area contributed by atoms with Crippen molar-refractivity contribution in [3.63, 3.8) is 0 Å². The summed E-state index contributed by atoms with van der Waals surface area (Å²) in [4.78, 5) is 14.8. The van der Waals surface area contributed by atoms with Crippen molar-refractivity contribution in [2.45, 2.75) is 39.0 Å². The highest BCUT2D eigenvalue weighted by molar-refractivity contribution is 6.02. The van der Waals surface area contributed by atoms with Crippen molar-refractivity contribution in [3.05, 3.63) is 35.4 Å². The molecule has 2 unspecified atom stereocenters. The number of ketones is 1. The van der Waals surface area contributed by atoms with Gasteiger partial charge >= 0.3 is 0 Å². The summed E-state index contributed by atoms with van der Waals surface area (Å²) in [6.45, 7) is 7.70. The van der Waals surface area contributed by atoms with Crippen molar-refractivity contribution in [1.29, 1.82) is 0 Å². The summed E-state index contributed by atoms with van der Waals surface area (Å²) in [6.07, 6.45) is 0.843. The van der Waals surface area contributed by atoms with E-state index in [1.165, 1.54) is 0 Å². The second-order valence-corrected chi connectivity index (χ2v) is 5.18. The van der Waals surface area contributed by atoms with E-state index in [2.05, 4.69) is 10.2 Å². The molecule has 0 amide bonds. The molecule has 1 aliphatic heterocycles. The van der Waals surface area contributed by atoms with E-state index in [0.29, 0.717) is 12.0 Å². The second kappa shape index (κ2) is 5.41. The molecule has 2 atom stereocenters. The number of hydrogen-bond acceptors (Lipinski definition) is 4. The number of hydrogen-bond donors (Lipinski definition) is 2. The van der Waals surface area contributed by atoms with Crippen LogP contribution in [0.15, 0.2) is 24.3 Å². The van der Waals surface area contributed by atoms with Crippen molar-refractivity contribution in [2.24, 2.45) is 5.73 Å². The molecule has 19 heavy (non-hydrogen) atoms. The number of nitrogens with two attached hydrogens (primary N) is 1. The summed E-state index contributed by atoms with van der Waals surface area (Å²) < 4.78 is 0. The van der Waals surface area contributed by atoms with E-state index in [-0.39, 0.29) is 11.9 Å². The van der Waals surface area contributed by atoms with Gasteiger partial charge in [0.2, 0.25) is 0 Å². The monoisotopic (exact) mass is 261 g/mol. The minimum absolute atomic E-state index is 0.00514. The van der Waals surface area contributed by atoms with E-state index < -0.39 is 5.66 Å². The molecule has 0 aliphatic carbocycles. The van der Waals surface area contributed by atoms with Crippen LogP contribution in [0.1, 0.15) is 36.2 Å². The number of nitrogens with one attached hydrogen (secondary N) is 1. The van der Waals surface area contributed by atoms with Gasteiger partial charge in [0.25, 0.3) is 0 Å². The van der Waals surface area contributed by atoms with Crippen LogP contribution < -0.4 is 11.1 Å². The zero-order chi connectivity index (χ0) is 14.0. The quantitative estimate of drug-likeness (QED) is 0.462. The van der Waals surface area contributed by atoms with Crippen LogP contribution in [-0.4, -0.2) is 35.6 Å². The van der Waals surface area contributed by atoms with Crippen molar-refractivity contribution in [1.82, 2.24) is 10.2 Å². The van der Waals surface area contributed by atoms with E-state index in [1.54, 1.807) is 0 Å². The molecule has 1 aliphatic rings. The fourth-order valence-corrected chi connectivity index (χ4v) is 2.50. The van der Waals surface area contributed by atoms with Gasteiger partial charge in [-0.15, -0.1) is 0 Å². The van der Waals surface area contributed by atoms with Gasteiger partial charge in [0.1, 0.15) is 5.66 Å². The Morgan fingerprint density at radius 3 is 2.42 bits per heavy atom. The number of Topliss-reactive ketones (excluding diaryl/α,β-unsaturated/α-hetero) is 1. The Morgan fingerprint density at radius 1 is 1.42 bits per heavy atom. The number of carbonyl (C=O) groups is 1. The predicted molar refractivity (Wildman–Crippen MR) is 76.9 cm³/mol. The lowest BCUT2D eigenvalue weighted by Crippen LogP contribution is -2.62. The maximum Gasteiger partial charge on any atom is 0.197 e. The number of likely N-dealkylation sites (N-methyl/N-ethyl adjacent to an activating group) is 1. The third kappa shape index (κ3) is 2.71. The molecule has 1 aromatic carbocycles. The van der Waals surface area contributed by atoms with E-state index in [1.807, 2.05) is 45.0 Å². The molecular weight excluding hydrogens is 238 g/mol. The molecule has 0 bridgehead atoms. The summed E-state index contributed by atoms with van der Waals surface area (Å²) in [7, 11) is 0. The van der Waals surface area contributed by atoms with Crippen LogP contribution in [-0.2, 0) is 0 Å². The normalized spacial score (nSPS) is 21.2. The summed E-state index contributed by atoms with van der Waals surface area (Å²) in [6, 6.07) is 7.64. The van der Waals surface area contributed by atoms with E-state index in [9.17, 15) is 4.79 Å². The fourth-order valence-electron chi connectivity index (χ4n) is 2.50. The fraction of sp³-hybridized carbons (Fsp3) is 0.533. The van der Waals surface area contributed by atoms with Gasteiger partial charge in [0.05, 0.1) is 6.17 Å². The highest BCUT2D eigenvalue weighted by Crippen LogP contribution is 2.24. The van der Waals surface area contributed by atoms with Gasteiger partial charge in [0, 0.05) is 12.1 Å². The first-order valence-corrected chi connectivity index (χ1v) is 6.93. The minimum atomic E-state index is -0.918. The average molecular weight is 261 g/mol. The lowest BCUT2D eigenvalue weighted by molar-refractivity contribution is 0.0516. The minimum Gasteiger partial charge on any atom is -0.307 e. The van der Waals surface area contributed by atoms with Crippen molar-refractivity contribution in [3.8, 4) is 0 Å². The van der Waals surface area contributed by atoms with Crippen LogP contribution in [0.4, 0.5) is 0 Å². The Kier molecular flexibility index (Phi) is 4.04. The van der Waals surface area contributed by atoms with Gasteiger partial charge in [-0.2, -0.15) is 0 Å². The largest absolute Gasteiger partial charge is 0.307 e. The SMILES string of the molecule is CCN(C1CN1)C(N)(CC)C(=O)c1ccc(C)cc1. The van der Waals surface area contributed by atoms with Gasteiger partial charge in [-0.25, -0.2) is 0 Å².